The maximum absolute atomic E-state index is 12.4. The van der Waals surface area contributed by atoms with Gasteiger partial charge in [0.1, 0.15) is 4.88 Å². The molecule has 3 nitrogen and oxygen atoms in total. The van der Waals surface area contributed by atoms with Gasteiger partial charge in [-0.2, -0.15) is 11.8 Å². The van der Waals surface area contributed by atoms with Gasteiger partial charge in [0.05, 0.1) is 5.69 Å². The lowest BCUT2D eigenvalue weighted by Crippen LogP contribution is -2.45. The van der Waals surface area contributed by atoms with Crippen molar-refractivity contribution in [2.24, 2.45) is 0 Å². The van der Waals surface area contributed by atoms with E-state index >= 15 is 0 Å². The maximum Gasteiger partial charge on any atom is 0.263 e. The molecule has 112 valence electrons. The number of nitrogens with two attached hydrogens (primary N) is 1. The number of nitrogen functional groups attached to an aromatic ring is 1. The van der Waals surface area contributed by atoms with E-state index in [1.54, 1.807) is 6.07 Å². The van der Waals surface area contributed by atoms with Crippen LogP contribution in [0.1, 0.15) is 28.9 Å². The van der Waals surface area contributed by atoms with E-state index in [2.05, 4.69) is 11.6 Å². The summed E-state index contributed by atoms with van der Waals surface area (Å²) in [5.41, 5.74) is 6.66. The van der Waals surface area contributed by atoms with Crippen molar-refractivity contribution in [3.8, 4) is 0 Å². The third-order valence-corrected chi connectivity index (χ3v) is 6.99. The summed E-state index contributed by atoms with van der Waals surface area (Å²) in [4.78, 5) is 13.0. The average molecular weight is 341 g/mol. The van der Waals surface area contributed by atoms with Crippen LogP contribution in [0.15, 0.2) is 18.2 Å². The summed E-state index contributed by atoms with van der Waals surface area (Å²) in [6, 6.07) is 5.52. The van der Waals surface area contributed by atoms with Crippen molar-refractivity contribution in [2.75, 3.05) is 18.5 Å². The molecule has 1 aliphatic carbocycles. The molecule has 3 N–H and O–H groups in total. The number of hydrogen-bond acceptors (Lipinski definition) is 4. The fraction of sp³-hybridized carbons (Fsp3) is 0.400. The standard InChI is InChI=1S/C15H17ClN2OS2/c1-20-15(5-2-6-15)8-18-14(19)13-12(17)10-4-3-9(16)7-11(10)21-13/h3-4,7H,2,5-6,8,17H2,1H3,(H,18,19). The molecule has 3 rings (SSSR count). The van der Waals surface area contributed by atoms with Gasteiger partial charge in [0.15, 0.2) is 0 Å². The van der Waals surface area contributed by atoms with Gasteiger partial charge in [0, 0.05) is 26.4 Å². The minimum absolute atomic E-state index is 0.0786. The highest BCUT2D eigenvalue weighted by atomic mass is 35.5. The van der Waals surface area contributed by atoms with Crippen LogP contribution in [0.5, 0.6) is 0 Å². The van der Waals surface area contributed by atoms with Crippen LogP contribution in [0.2, 0.25) is 5.02 Å². The highest BCUT2D eigenvalue weighted by Crippen LogP contribution is 2.42. The molecule has 0 atom stereocenters. The SMILES string of the molecule is CSC1(CNC(=O)c2sc3cc(Cl)ccc3c2N)CCC1. The Morgan fingerprint density at radius 1 is 1.52 bits per heavy atom. The van der Waals surface area contributed by atoms with Gasteiger partial charge >= 0.3 is 0 Å². The second-order valence-electron chi connectivity index (χ2n) is 5.41. The zero-order valence-corrected chi connectivity index (χ0v) is 14.1. The van der Waals surface area contributed by atoms with Gasteiger partial charge in [-0.05, 0) is 37.3 Å². The number of anilines is 1. The summed E-state index contributed by atoms with van der Waals surface area (Å²) >= 11 is 9.24. The molecule has 0 bridgehead atoms. The number of carbonyl (C=O) groups excluding carboxylic acids is 1. The third-order valence-electron chi connectivity index (χ3n) is 4.17. The first-order valence-corrected chi connectivity index (χ1v) is 9.27. The largest absolute Gasteiger partial charge is 0.397 e. The first-order chi connectivity index (χ1) is 10.0. The minimum Gasteiger partial charge on any atom is -0.397 e. The molecule has 0 aliphatic heterocycles. The number of rotatable bonds is 4. The Labute approximate surface area is 137 Å². The van der Waals surface area contributed by atoms with Gasteiger partial charge in [0.25, 0.3) is 5.91 Å². The molecular weight excluding hydrogens is 324 g/mol. The molecular formula is C15H17ClN2OS2. The molecule has 6 heteroatoms. The van der Waals surface area contributed by atoms with Gasteiger partial charge in [0.2, 0.25) is 0 Å². The lowest BCUT2D eigenvalue weighted by molar-refractivity contribution is 0.0949. The monoisotopic (exact) mass is 340 g/mol. The Kier molecular flexibility index (Phi) is 4.08. The second-order valence-corrected chi connectivity index (χ2v) is 8.17. The molecule has 0 saturated heterocycles. The van der Waals surface area contributed by atoms with Crippen LogP contribution in [0, 0.1) is 0 Å². The Balaban J connectivity index is 1.80. The first kappa shape index (κ1) is 15.0. The number of carbonyl (C=O) groups is 1. The van der Waals surface area contributed by atoms with Crippen molar-refractivity contribution >= 4 is 56.4 Å². The number of amides is 1. The number of thioether (sulfide) groups is 1. The van der Waals surface area contributed by atoms with Gasteiger partial charge < -0.3 is 11.1 Å². The number of benzene rings is 1. The molecule has 0 unspecified atom stereocenters. The lowest BCUT2D eigenvalue weighted by atomic mass is 9.84. The Hall–Kier alpha value is -0.910. The fourth-order valence-electron chi connectivity index (χ4n) is 2.60. The summed E-state index contributed by atoms with van der Waals surface area (Å²) in [7, 11) is 0. The molecule has 2 aromatic rings. The van der Waals surface area contributed by atoms with E-state index < -0.39 is 0 Å². The summed E-state index contributed by atoms with van der Waals surface area (Å²) in [5, 5.41) is 4.61. The Morgan fingerprint density at radius 2 is 2.29 bits per heavy atom. The lowest BCUT2D eigenvalue weighted by Gasteiger charge is -2.40. The molecule has 1 aliphatic rings. The van der Waals surface area contributed by atoms with E-state index in [1.165, 1.54) is 30.6 Å². The molecule has 0 spiro atoms. The number of fused-ring (bicyclic) bond motifs is 1. The normalized spacial score (nSPS) is 16.7. The van der Waals surface area contributed by atoms with Crippen LogP contribution < -0.4 is 11.1 Å². The van der Waals surface area contributed by atoms with E-state index in [0.29, 0.717) is 22.1 Å². The van der Waals surface area contributed by atoms with Gasteiger partial charge in [-0.1, -0.05) is 18.0 Å². The molecule has 21 heavy (non-hydrogen) atoms. The number of hydrogen-bond donors (Lipinski definition) is 2. The van der Waals surface area contributed by atoms with Crippen LogP contribution >= 0.6 is 34.7 Å². The quantitative estimate of drug-likeness (QED) is 0.879. The van der Waals surface area contributed by atoms with Crippen LogP contribution in [0.4, 0.5) is 5.69 Å². The van der Waals surface area contributed by atoms with Gasteiger partial charge in [-0.15, -0.1) is 11.3 Å². The zero-order chi connectivity index (χ0) is 15.0. The highest BCUT2D eigenvalue weighted by molar-refractivity contribution is 8.00. The summed E-state index contributed by atoms with van der Waals surface area (Å²) in [5.74, 6) is -0.0786. The Morgan fingerprint density at radius 3 is 2.90 bits per heavy atom. The molecule has 1 amide bonds. The molecule has 1 heterocycles. The van der Waals surface area contributed by atoms with Crippen molar-refractivity contribution in [2.45, 2.75) is 24.0 Å². The predicted octanol–water partition coefficient (Wildman–Crippen LogP) is 4.15. The van der Waals surface area contributed by atoms with E-state index in [4.69, 9.17) is 17.3 Å². The Bertz CT molecular complexity index is 689. The molecule has 1 saturated carbocycles. The first-order valence-electron chi connectivity index (χ1n) is 6.85. The van der Waals surface area contributed by atoms with Gasteiger partial charge in [-0.25, -0.2) is 0 Å². The third kappa shape index (κ3) is 2.74. The maximum atomic E-state index is 12.4. The fourth-order valence-corrected chi connectivity index (χ4v) is 4.83. The van der Waals surface area contributed by atoms with Crippen LogP contribution in [-0.2, 0) is 0 Å². The van der Waals surface area contributed by atoms with Crippen LogP contribution in [-0.4, -0.2) is 23.5 Å². The average Bonchev–Trinajstić information content (AvgIpc) is 2.74. The zero-order valence-electron chi connectivity index (χ0n) is 11.7. The van der Waals surface area contributed by atoms with E-state index in [9.17, 15) is 4.79 Å². The molecule has 1 aromatic heterocycles. The topological polar surface area (TPSA) is 55.1 Å². The van der Waals surface area contributed by atoms with Crippen molar-refractivity contribution < 1.29 is 4.79 Å². The van der Waals surface area contributed by atoms with Gasteiger partial charge in [-0.3, -0.25) is 4.79 Å². The summed E-state index contributed by atoms with van der Waals surface area (Å²) < 4.78 is 1.18. The molecule has 1 aromatic carbocycles. The van der Waals surface area contributed by atoms with Crippen LogP contribution in [0.25, 0.3) is 10.1 Å². The summed E-state index contributed by atoms with van der Waals surface area (Å²) in [6.45, 7) is 0.710. The summed E-state index contributed by atoms with van der Waals surface area (Å²) in [6.07, 6.45) is 5.71. The van der Waals surface area contributed by atoms with Crippen LogP contribution in [0.3, 0.4) is 0 Å². The van der Waals surface area contributed by atoms with E-state index in [1.807, 2.05) is 23.9 Å². The van der Waals surface area contributed by atoms with Crippen molar-refractivity contribution in [3.63, 3.8) is 0 Å². The second kappa shape index (κ2) is 5.71. The van der Waals surface area contributed by atoms with E-state index in [-0.39, 0.29) is 10.7 Å². The number of nitrogens with one attached hydrogen (secondary N) is 1. The van der Waals surface area contributed by atoms with Crippen molar-refractivity contribution in [1.29, 1.82) is 0 Å². The smallest absolute Gasteiger partial charge is 0.263 e. The molecule has 1 fully saturated rings. The van der Waals surface area contributed by atoms with Crippen molar-refractivity contribution in [1.82, 2.24) is 5.32 Å². The highest BCUT2D eigenvalue weighted by Gasteiger charge is 2.36. The van der Waals surface area contributed by atoms with E-state index in [0.717, 1.165) is 10.1 Å². The minimum atomic E-state index is -0.0786. The van der Waals surface area contributed by atoms with Crippen molar-refractivity contribution in [3.05, 3.63) is 28.1 Å². The number of thiophene rings is 1. The number of halogens is 1. The molecule has 0 radical (unpaired) electrons. The predicted molar refractivity (Wildman–Crippen MR) is 93.7 cm³/mol.